The van der Waals surface area contributed by atoms with Gasteiger partial charge in [-0.05, 0) is 56.8 Å². The Morgan fingerprint density at radius 2 is 1.88 bits per heavy atom. The lowest BCUT2D eigenvalue weighted by molar-refractivity contribution is -0.129. The molecule has 0 unspecified atom stereocenters. The van der Waals surface area contributed by atoms with Gasteiger partial charge in [-0.1, -0.05) is 5.16 Å². The van der Waals surface area contributed by atoms with Crippen molar-refractivity contribution in [3.05, 3.63) is 35.2 Å². The van der Waals surface area contributed by atoms with Gasteiger partial charge in [0, 0.05) is 19.8 Å². The summed E-state index contributed by atoms with van der Waals surface area (Å²) in [6.07, 6.45) is 3.21. The third-order valence-electron chi connectivity index (χ3n) is 7.86. The second-order valence-electron chi connectivity index (χ2n) is 11.0. The smallest absolute Gasteiger partial charge is 0.276 e. The predicted octanol–water partition coefficient (Wildman–Crippen LogP) is 2.50. The fourth-order valence-corrected chi connectivity index (χ4v) is 5.51. The van der Waals surface area contributed by atoms with Crippen molar-refractivity contribution in [1.29, 1.82) is 0 Å². The first kappa shape index (κ1) is 28.8. The molecule has 2 amide bonds. The first-order valence-corrected chi connectivity index (χ1v) is 13.4. The van der Waals surface area contributed by atoms with Crippen molar-refractivity contribution < 1.29 is 31.8 Å². The Morgan fingerprint density at radius 1 is 1.17 bits per heavy atom. The number of aromatic nitrogens is 6. The summed E-state index contributed by atoms with van der Waals surface area (Å²) in [6, 6.07) is -0.774. The van der Waals surface area contributed by atoms with E-state index in [0.29, 0.717) is 31.6 Å². The van der Waals surface area contributed by atoms with Crippen molar-refractivity contribution in [1.82, 2.24) is 45.8 Å². The van der Waals surface area contributed by atoms with E-state index < -0.39 is 41.7 Å². The molecule has 3 aromatic heterocycles. The molecule has 2 aliphatic rings. The van der Waals surface area contributed by atoms with Crippen LogP contribution in [0.4, 0.5) is 17.6 Å². The number of carbonyl (C=O) groups is 2. The third kappa shape index (κ3) is 6.16. The fraction of sp³-hybridized carbons (Fsp3) is 0.640. The number of nitrogens with one attached hydrogen (secondary N) is 3. The molecule has 5 rings (SSSR count). The van der Waals surface area contributed by atoms with Crippen molar-refractivity contribution in [3.8, 4) is 0 Å². The number of amides is 2. The summed E-state index contributed by atoms with van der Waals surface area (Å²) in [5.74, 6) is -7.27. The van der Waals surface area contributed by atoms with E-state index in [1.807, 2.05) is 0 Å². The average Bonchev–Trinajstić information content (AvgIpc) is 3.56. The van der Waals surface area contributed by atoms with Crippen LogP contribution in [0, 0.1) is 12.8 Å². The van der Waals surface area contributed by atoms with E-state index in [0.717, 1.165) is 6.92 Å². The van der Waals surface area contributed by atoms with Gasteiger partial charge in [0.25, 0.3) is 17.6 Å². The van der Waals surface area contributed by atoms with Crippen LogP contribution in [-0.2, 0) is 10.2 Å². The Kier molecular flexibility index (Phi) is 7.70. The van der Waals surface area contributed by atoms with Crippen LogP contribution in [0.3, 0.4) is 0 Å². The monoisotopic (exact) mass is 581 g/mol. The van der Waals surface area contributed by atoms with E-state index in [2.05, 4.69) is 46.0 Å². The molecular formula is C25H31F4N9O3. The van der Waals surface area contributed by atoms with E-state index in [1.165, 1.54) is 10.7 Å². The predicted molar refractivity (Wildman–Crippen MR) is 134 cm³/mol. The van der Waals surface area contributed by atoms with Gasteiger partial charge in [0.1, 0.15) is 5.69 Å². The number of aryl methyl sites for hydroxylation is 1. The number of alkyl halides is 4. The normalized spacial score (nSPS) is 20.0. The highest BCUT2D eigenvalue weighted by Crippen LogP contribution is 2.41. The molecule has 41 heavy (non-hydrogen) atoms. The minimum absolute atomic E-state index is 0.0324. The number of piperidine rings is 1. The molecule has 16 heteroatoms. The van der Waals surface area contributed by atoms with E-state index in [-0.39, 0.29) is 54.5 Å². The third-order valence-corrected chi connectivity index (χ3v) is 7.86. The number of halogens is 4. The van der Waals surface area contributed by atoms with Gasteiger partial charge in [0.15, 0.2) is 5.69 Å². The lowest BCUT2D eigenvalue weighted by atomic mass is 9.75. The quantitative estimate of drug-likeness (QED) is 0.341. The first-order chi connectivity index (χ1) is 19.4. The van der Waals surface area contributed by atoms with Crippen LogP contribution in [0.2, 0.25) is 0 Å². The molecule has 1 aliphatic heterocycles. The zero-order chi connectivity index (χ0) is 29.4. The van der Waals surface area contributed by atoms with Gasteiger partial charge >= 0.3 is 0 Å². The number of fused-ring (bicyclic) bond motifs is 1. The summed E-state index contributed by atoms with van der Waals surface area (Å²) >= 11 is 0. The van der Waals surface area contributed by atoms with E-state index in [1.54, 1.807) is 13.1 Å². The lowest BCUT2D eigenvalue weighted by Crippen LogP contribution is -2.52. The highest BCUT2D eigenvalue weighted by molar-refractivity contribution is 5.93. The molecule has 3 aromatic rings. The van der Waals surface area contributed by atoms with Gasteiger partial charge in [-0.15, -0.1) is 0 Å². The number of nitrogens with zero attached hydrogens (tertiary/aromatic N) is 6. The van der Waals surface area contributed by atoms with Crippen molar-refractivity contribution in [2.24, 2.45) is 5.92 Å². The number of rotatable bonds is 8. The Balaban J connectivity index is 1.47. The van der Waals surface area contributed by atoms with Crippen LogP contribution in [0.15, 0.2) is 17.0 Å². The molecule has 1 saturated heterocycles. The van der Waals surface area contributed by atoms with E-state index >= 15 is 0 Å². The largest absolute Gasteiger partial charge is 0.349 e. The van der Waals surface area contributed by atoms with E-state index in [9.17, 15) is 27.2 Å². The van der Waals surface area contributed by atoms with Gasteiger partial charge in [-0.2, -0.15) is 5.10 Å². The maximum Gasteiger partial charge on any atom is 0.276 e. The van der Waals surface area contributed by atoms with Crippen molar-refractivity contribution in [3.63, 3.8) is 0 Å². The lowest BCUT2D eigenvalue weighted by Gasteiger charge is -2.35. The standard InChI is InChI=1S/C25H31F4N9O3/c1-14-18(37-41-36-14)20(39)35-19(15-3-5-25(28,29)6-4-15)16-12-38-22(33-16)34-17(11-32-38)24(7-9-30-10-8-24)21(40)31-13-23(2,26)27/h11-12,15,19,30H,3-10,13H2,1-2H3,(H,31,40)(H,35,39)/t19-/m0/s1. The van der Waals surface area contributed by atoms with Crippen LogP contribution in [0.25, 0.3) is 5.78 Å². The minimum Gasteiger partial charge on any atom is -0.349 e. The highest BCUT2D eigenvalue weighted by Gasteiger charge is 2.44. The molecule has 222 valence electrons. The summed E-state index contributed by atoms with van der Waals surface area (Å²) in [5, 5.41) is 20.0. The van der Waals surface area contributed by atoms with Crippen molar-refractivity contribution >= 4 is 17.6 Å². The molecule has 0 bridgehead atoms. The van der Waals surface area contributed by atoms with Crippen molar-refractivity contribution in [2.45, 2.75) is 75.7 Å². The maximum atomic E-state index is 14.0. The van der Waals surface area contributed by atoms with E-state index in [4.69, 9.17) is 0 Å². The fourth-order valence-electron chi connectivity index (χ4n) is 5.51. The second-order valence-corrected chi connectivity index (χ2v) is 11.0. The van der Waals surface area contributed by atoms with Crippen LogP contribution in [0.1, 0.15) is 79.1 Å². The summed E-state index contributed by atoms with van der Waals surface area (Å²) in [6.45, 7) is 2.41. The molecule has 1 aliphatic carbocycles. The van der Waals surface area contributed by atoms with Gasteiger partial charge < -0.3 is 16.0 Å². The van der Waals surface area contributed by atoms with Gasteiger partial charge in [-0.3, -0.25) is 9.59 Å². The van der Waals surface area contributed by atoms with Crippen LogP contribution >= 0.6 is 0 Å². The second kappa shape index (κ2) is 10.9. The Morgan fingerprint density at radius 3 is 2.51 bits per heavy atom. The first-order valence-electron chi connectivity index (χ1n) is 13.4. The Labute approximate surface area is 232 Å². The van der Waals surface area contributed by atoms with Crippen LogP contribution < -0.4 is 16.0 Å². The molecule has 0 radical (unpaired) electrons. The van der Waals surface area contributed by atoms with Crippen LogP contribution in [0.5, 0.6) is 0 Å². The number of hydrogen-bond donors (Lipinski definition) is 3. The molecule has 12 nitrogen and oxygen atoms in total. The Hall–Kier alpha value is -3.69. The van der Waals surface area contributed by atoms with Crippen LogP contribution in [-0.4, -0.2) is 73.2 Å². The summed E-state index contributed by atoms with van der Waals surface area (Å²) in [7, 11) is 0. The summed E-state index contributed by atoms with van der Waals surface area (Å²) in [4.78, 5) is 35.4. The average molecular weight is 582 g/mol. The molecular weight excluding hydrogens is 550 g/mol. The number of hydrogen-bond acceptors (Lipinski definition) is 9. The molecule has 1 saturated carbocycles. The highest BCUT2D eigenvalue weighted by atomic mass is 19.3. The van der Waals surface area contributed by atoms with Gasteiger partial charge in [0.2, 0.25) is 11.8 Å². The molecule has 0 aromatic carbocycles. The zero-order valence-corrected chi connectivity index (χ0v) is 22.6. The Bertz CT molecular complexity index is 1400. The van der Waals surface area contributed by atoms with Gasteiger partial charge in [-0.25, -0.2) is 36.7 Å². The number of imidazole rings is 1. The molecule has 3 N–H and O–H groups in total. The number of carbonyl (C=O) groups excluding carboxylic acids is 2. The SMILES string of the molecule is Cc1nonc1C(=O)N[C@H](c1cn2ncc(C3(C(=O)NCC(C)(F)F)CCNCC3)nc2n1)C1CCC(F)(F)CC1. The summed E-state index contributed by atoms with van der Waals surface area (Å²) in [5.41, 5.74) is -0.338. The zero-order valence-electron chi connectivity index (χ0n) is 22.6. The van der Waals surface area contributed by atoms with Gasteiger partial charge in [0.05, 0.1) is 41.8 Å². The topological polar surface area (TPSA) is 152 Å². The van der Waals surface area contributed by atoms with Crippen molar-refractivity contribution in [2.75, 3.05) is 19.6 Å². The molecule has 4 heterocycles. The summed E-state index contributed by atoms with van der Waals surface area (Å²) < 4.78 is 60.9. The molecule has 0 spiro atoms. The molecule has 1 atom stereocenters. The maximum absolute atomic E-state index is 14.0. The minimum atomic E-state index is -3.08. The molecule has 2 fully saturated rings.